The first kappa shape index (κ1) is 14.9. The van der Waals surface area contributed by atoms with Crippen molar-refractivity contribution in [2.45, 2.75) is 18.9 Å². The van der Waals surface area contributed by atoms with Gasteiger partial charge >= 0.3 is 5.97 Å². The zero-order valence-electron chi connectivity index (χ0n) is 7.03. The van der Waals surface area contributed by atoms with E-state index in [2.05, 4.69) is 4.99 Å². The minimum absolute atomic E-state index is 0. The molecule has 81 valence electrons. The zero-order chi connectivity index (χ0) is 9.56. The molecule has 7 N–H and O–H groups in total. The Balaban J connectivity index is 0. The second-order valence-electron chi connectivity index (χ2n) is 2.39. The Labute approximate surface area is 92.1 Å². The number of nitrogens with two attached hydrogens (primary N) is 3. The number of hydrogen-bond acceptors (Lipinski definition) is 3. The number of rotatable bonds is 5. The molecule has 0 rings (SSSR count). The second-order valence-corrected chi connectivity index (χ2v) is 2.39. The van der Waals surface area contributed by atoms with Crippen LogP contribution in [-0.4, -0.2) is 29.6 Å². The molecular weight excluding hydrogens is 357 g/mol. The van der Waals surface area contributed by atoms with E-state index in [1.165, 1.54) is 0 Å². The van der Waals surface area contributed by atoms with Crippen LogP contribution in [0.25, 0.3) is 0 Å². The maximum absolute atomic E-state index is 10.2. The summed E-state index contributed by atoms with van der Waals surface area (Å²) in [7, 11) is 0. The molecule has 0 aromatic carbocycles. The van der Waals surface area contributed by atoms with Crippen molar-refractivity contribution in [3.05, 3.63) is 0 Å². The van der Waals surface area contributed by atoms with Gasteiger partial charge in [-0.15, -0.1) is 0 Å². The molecular formula is C6H14AuN4O2. The molecule has 13 heavy (non-hydrogen) atoms. The summed E-state index contributed by atoms with van der Waals surface area (Å²) < 4.78 is 0. The van der Waals surface area contributed by atoms with E-state index in [9.17, 15) is 4.79 Å². The first-order valence-corrected chi connectivity index (χ1v) is 3.58. The van der Waals surface area contributed by atoms with Gasteiger partial charge in [0.1, 0.15) is 6.04 Å². The average Bonchev–Trinajstić information content (AvgIpc) is 1.97. The van der Waals surface area contributed by atoms with Crippen molar-refractivity contribution in [3.8, 4) is 0 Å². The maximum Gasteiger partial charge on any atom is 0.320 e. The fourth-order valence-corrected chi connectivity index (χ4v) is 0.643. The zero-order valence-corrected chi connectivity index (χ0v) is 9.20. The number of guanidine groups is 1. The number of aliphatic carboxylic acids is 1. The van der Waals surface area contributed by atoms with Crippen molar-refractivity contribution >= 4 is 11.9 Å². The standard InChI is InChI=1S/C6H14N4O2.Au/c7-4(5(11)12)2-1-3-10-6(8)9;/h4H,1-3,7H2,(H,11,12)(H4,8,9,10);. The van der Waals surface area contributed by atoms with Crippen LogP contribution in [0.3, 0.4) is 0 Å². The van der Waals surface area contributed by atoms with Gasteiger partial charge in [-0.05, 0) is 12.8 Å². The van der Waals surface area contributed by atoms with E-state index in [-0.39, 0.29) is 28.3 Å². The second kappa shape index (κ2) is 8.06. The van der Waals surface area contributed by atoms with Crippen LogP contribution < -0.4 is 17.2 Å². The van der Waals surface area contributed by atoms with Crippen LogP contribution in [0.2, 0.25) is 0 Å². The summed E-state index contributed by atoms with van der Waals surface area (Å²) in [6.07, 6.45) is 0.956. The molecule has 0 aromatic heterocycles. The number of carboxylic acid groups (broad SMARTS) is 1. The van der Waals surface area contributed by atoms with E-state index in [0.717, 1.165) is 0 Å². The van der Waals surface area contributed by atoms with Gasteiger partial charge in [-0.1, -0.05) is 0 Å². The Hall–Kier alpha value is -0.560. The van der Waals surface area contributed by atoms with Crippen LogP contribution in [0.5, 0.6) is 0 Å². The van der Waals surface area contributed by atoms with Gasteiger partial charge in [0.15, 0.2) is 5.96 Å². The summed E-state index contributed by atoms with van der Waals surface area (Å²) >= 11 is 0. The first-order chi connectivity index (χ1) is 5.54. The molecule has 0 saturated carbocycles. The van der Waals surface area contributed by atoms with Crippen LogP contribution >= 0.6 is 0 Å². The van der Waals surface area contributed by atoms with Crippen LogP contribution in [-0.2, 0) is 27.2 Å². The number of nitrogens with zero attached hydrogens (tertiary/aromatic N) is 1. The molecule has 0 heterocycles. The van der Waals surface area contributed by atoms with E-state index in [1.54, 1.807) is 0 Å². The van der Waals surface area contributed by atoms with Crippen molar-refractivity contribution in [2.24, 2.45) is 22.2 Å². The Morgan fingerprint density at radius 3 is 2.38 bits per heavy atom. The number of carbonyl (C=O) groups is 1. The summed E-state index contributed by atoms with van der Waals surface area (Å²) in [6.45, 7) is 0.420. The third-order valence-electron chi connectivity index (χ3n) is 1.28. The SMILES string of the molecule is NC(N)=NCCCC(N)C(=O)O.[Au]. The predicted molar refractivity (Wildman–Crippen MR) is 45.5 cm³/mol. The maximum atomic E-state index is 10.2. The van der Waals surface area contributed by atoms with Gasteiger partial charge in [0.05, 0.1) is 0 Å². The smallest absolute Gasteiger partial charge is 0.320 e. The molecule has 6 nitrogen and oxygen atoms in total. The third kappa shape index (κ3) is 9.35. The van der Waals surface area contributed by atoms with Crippen LogP contribution in [0, 0.1) is 0 Å². The Morgan fingerprint density at radius 1 is 1.46 bits per heavy atom. The van der Waals surface area contributed by atoms with Crippen LogP contribution in [0.15, 0.2) is 4.99 Å². The molecule has 1 radical (unpaired) electrons. The predicted octanol–water partition coefficient (Wildman–Crippen LogP) is -1.55. The molecule has 0 fully saturated rings. The average molecular weight is 371 g/mol. The van der Waals surface area contributed by atoms with Crippen molar-refractivity contribution in [1.82, 2.24) is 0 Å². The van der Waals surface area contributed by atoms with E-state index >= 15 is 0 Å². The number of hydrogen-bond donors (Lipinski definition) is 4. The number of aliphatic imine (C=N–C) groups is 1. The molecule has 0 amide bonds. The van der Waals surface area contributed by atoms with Crippen molar-refractivity contribution < 1.29 is 32.3 Å². The monoisotopic (exact) mass is 371 g/mol. The van der Waals surface area contributed by atoms with Gasteiger partial charge in [0.25, 0.3) is 0 Å². The van der Waals surface area contributed by atoms with Gasteiger partial charge < -0.3 is 22.3 Å². The van der Waals surface area contributed by atoms with Gasteiger partial charge in [0.2, 0.25) is 0 Å². The summed E-state index contributed by atoms with van der Waals surface area (Å²) in [4.78, 5) is 13.9. The molecule has 0 saturated heterocycles. The summed E-state index contributed by atoms with van der Waals surface area (Å²) in [5, 5.41) is 8.38. The molecule has 0 bridgehead atoms. The Kier molecular flexibility index (Phi) is 9.26. The van der Waals surface area contributed by atoms with Crippen LogP contribution in [0.4, 0.5) is 0 Å². The van der Waals surface area contributed by atoms with Crippen LogP contribution in [0.1, 0.15) is 12.8 Å². The first-order valence-electron chi connectivity index (χ1n) is 3.58. The van der Waals surface area contributed by atoms with Gasteiger partial charge in [-0.25, -0.2) is 0 Å². The van der Waals surface area contributed by atoms with E-state index in [4.69, 9.17) is 22.3 Å². The summed E-state index contributed by atoms with van der Waals surface area (Å²) in [5.74, 6) is -0.987. The number of carboxylic acids is 1. The fraction of sp³-hybridized carbons (Fsp3) is 0.667. The van der Waals surface area contributed by atoms with Gasteiger partial charge in [0, 0.05) is 28.9 Å². The third-order valence-corrected chi connectivity index (χ3v) is 1.28. The largest absolute Gasteiger partial charge is 0.480 e. The quantitative estimate of drug-likeness (QED) is 0.201. The van der Waals surface area contributed by atoms with Crippen molar-refractivity contribution in [3.63, 3.8) is 0 Å². The molecule has 1 atom stereocenters. The molecule has 0 aliphatic heterocycles. The fourth-order valence-electron chi connectivity index (χ4n) is 0.643. The molecule has 0 aliphatic rings. The molecule has 0 spiro atoms. The molecule has 7 heteroatoms. The topological polar surface area (TPSA) is 128 Å². The van der Waals surface area contributed by atoms with E-state index in [1.807, 2.05) is 0 Å². The Bertz CT molecular complexity index is 181. The molecule has 0 aromatic rings. The van der Waals surface area contributed by atoms with E-state index < -0.39 is 12.0 Å². The van der Waals surface area contributed by atoms with Crippen molar-refractivity contribution in [1.29, 1.82) is 0 Å². The normalized spacial score (nSPS) is 11.2. The summed E-state index contributed by atoms with van der Waals surface area (Å²) in [6, 6.07) is -0.820. The van der Waals surface area contributed by atoms with Crippen molar-refractivity contribution in [2.75, 3.05) is 6.54 Å². The minimum Gasteiger partial charge on any atom is -0.480 e. The summed E-state index contributed by atoms with van der Waals surface area (Å²) in [5.41, 5.74) is 15.3. The Morgan fingerprint density at radius 2 is 2.00 bits per heavy atom. The minimum atomic E-state index is -1.00. The van der Waals surface area contributed by atoms with E-state index in [0.29, 0.717) is 19.4 Å². The van der Waals surface area contributed by atoms with Gasteiger partial charge in [-0.2, -0.15) is 0 Å². The molecule has 1 unspecified atom stereocenters. The molecule has 0 aliphatic carbocycles. The van der Waals surface area contributed by atoms with Gasteiger partial charge in [-0.3, -0.25) is 9.79 Å².